The number of ether oxygens (including phenoxy) is 1. The molecule has 3 nitrogen and oxygen atoms in total. The molecule has 0 spiro atoms. The predicted octanol–water partition coefficient (Wildman–Crippen LogP) is 7.17. The molecule has 0 aromatic heterocycles. The number of rotatable bonds is 5. The first-order valence-corrected chi connectivity index (χ1v) is 13.1. The van der Waals surface area contributed by atoms with E-state index in [9.17, 15) is 30.3 Å². The van der Waals surface area contributed by atoms with Crippen molar-refractivity contribution in [2.75, 3.05) is 13.2 Å². The van der Waals surface area contributed by atoms with Crippen LogP contribution in [-0.2, 0) is 11.8 Å². The van der Waals surface area contributed by atoms with Gasteiger partial charge >= 0.3 is 33.0 Å². The van der Waals surface area contributed by atoms with Crippen LogP contribution in [-0.4, -0.2) is 29.5 Å². The maximum atomic E-state index is 9.87. The topological polar surface area (TPSA) is 49.7 Å². The van der Waals surface area contributed by atoms with Crippen molar-refractivity contribution in [3.8, 4) is 16.9 Å². The minimum absolute atomic E-state index is 0.0859. The second kappa shape index (κ2) is 9.03. The van der Waals surface area contributed by atoms with Gasteiger partial charge < -0.3 is 14.9 Å². The molecule has 1 aliphatic rings. The molecule has 12 heteroatoms. The van der Waals surface area contributed by atoms with Crippen molar-refractivity contribution in [3.63, 3.8) is 0 Å². The zero-order chi connectivity index (χ0) is 24.3. The molecule has 0 amide bonds. The number of benzene rings is 3. The van der Waals surface area contributed by atoms with Crippen LogP contribution in [0.5, 0.6) is 5.75 Å². The van der Waals surface area contributed by atoms with Crippen LogP contribution in [0.2, 0.25) is 0 Å². The number of thiol groups is 1. The first-order chi connectivity index (χ1) is 15.2. The standard InChI is InChI=1S/C21H18O3S2.F6P/c22-12-15(23)13-24-16-10-8-14(9-11-16)17-4-3-7-20-21(17)26-19-6-2-1-5-18(19)25-20;1-7(2,3,4,5)6/h1-11,15,22-23H,12-13H2;/q;-1/p+1. The molecule has 4 rings (SSSR count). The van der Waals surface area contributed by atoms with Crippen molar-refractivity contribution < 1.29 is 40.1 Å². The van der Waals surface area contributed by atoms with Gasteiger partial charge in [0.25, 0.3) is 0 Å². The molecule has 33 heavy (non-hydrogen) atoms. The fourth-order valence-electron chi connectivity index (χ4n) is 2.80. The average molecular weight is 528 g/mol. The molecular weight excluding hydrogens is 509 g/mol. The van der Waals surface area contributed by atoms with Gasteiger partial charge in [0, 0.05) is 17.3 Å². The zero-order valence-corrected chi connectivity index (χ0v) is 19.3. The van der Waals surface area contributed by atoms with Crippen LogP contribution in [0.25, 0.3) is 11.1 Å². The Morgan fingerprint density at radius 1 is 0.848 bits per heavy atom. The van der Waals surface area contributed by atoms with Crippen LogP contribution in [0.3, 0.4) is 0 Å². The van der Waals surface area contributed by atoms with Crippen LogP contribution < -0.4 is 4.74 Å². The minimum atomic E-state index is -10.7. The van der Waals surface area contributed by atoms with E-state index in [1.807, 2.05) is 36.0 Å². The van der Waals surface area contributed by atoms with E-state index in [1.165, 1.54) is 36.9 Å². The molecule has 0 bridgehead atoms. The van der Waals surface area contributed by atoms with Crippen molar-refractivity contribution in [1.82, 2.24) is 0 Å². The van der Waals surface area contributed by atoms with E-state index in [4.69, 9.17) is 9.84 Å². The van der Waals surface area contributed by atoms with Crippen LogP contribution in [0.4, 0.5) is 25.2 Å². The van der Waals surface area contributed by atoms with Gasteiger partial charge in [0.15, 0.2) is 9.79 Å². The number of halogens is 6. The summed E-state index contributed by atoms with van der Waals surface area (Å²) in [5, 5.41) is 18.2. The van der Waals surface area contributed by atoms with Gasteiger partial charge in [-0.05, 0) is 42.0 Å². The Morgan fingerprint density at radius 3 is 2.09 bits per heavy atom. The van der Waals surface area contributed by atoms with E-state index in [-0.39, 0.29) is 13.2 Å². The van der Waals surface area contributed by atoms with Crippen LogP contribution in [0.15, 0.2) is 86.3 Å². The van der Waals surface area contributed by atoms with E-state index in [1.54, 1.807) is 0 Å². The summed E-state index contributed by atoms with van der Waals surface area (Å²) >= 11 is 3.06. The van der Waals surface area contributed by atoms with Crippen molar-refractivity contribution >= 4 is 31.3 Å². The Hall–Kier alpha value is -1.91. The third-order valence-corrected chi connectivity index (χ3v) is 6.91. The first-order valence-electron chi connectivity index (χ1n) is 9.40. The molecule has 1 aliphatic heterocycles. The summed E-state index contributed by atoms with van der Waals surface area (Å²) < 4.78 is 64.7. The molecule has 2 N–H and O–H groups in total. The number of hydrogen-bond acceptors (Lipinski definition) is 4. The molecule has 3 aromatic carbocycles. The third-order valence-electron chi connectivity index (χ3n) is 4.13. The van der Waals surface area contributed by atoms with Crippen molar-refractivity contribution in [2.45, 2.75) is 25.7 Å². The van der Waals surface area contributed by atoms with Gasteiger partial charge in [0.1, 0.15) is 18.5 Å². The van der Waals surface area contributed by atoms with Crippen molar-refractivity contribution in [3.05, 3.63) is 66.7 Å². The number of hydrogen-bond donors (Lipinski definition) is 2. The summed E-state index contributed by atoms with van der Waals surface area (Å²) in [6.07, 6.45) is -0.855. The Bertz CT molecular complexity index is 1110. The molecule has 1 unspecified atom stereocenters. The Morgan fingerprint density at radius 2 is 1.45 bits per heavy atom. The summed E-state index contributed by atoms with van der Waals surface area (Å²) in [6, 6.07) is 22.9. The van der Waals surface area contributed by atoms with Gasteiger partial charge in [0.05, 0.1) is 16.4 Å². The molecular formula is C21H19F6O3PS2. The maximum Gasteiger partial charge on any atom is 0.180 e. The monoisotopic (exact) mass is 528 g/mol. The van der Waals surface area contributed by atoms with E-state index < -0.39 is 13.9 Å². The van der Waals surface area contributed by atoms with Crippen LogP contribution in [0.1, 0.15) is 0 Å². The number of aliphatic hydroxyl groups excluding tert-OH is 2. The first kappa shape index (κ1) is 25.7. The molecule has 180 valence electrons. The molecule has 0 radical (unpaired) electrons. The molecule has 1 heterocycles. The van der Waals surface area contributed by atoms with Gasteiger partial charge in [0.2, 0.25) is 0 Å². The second-order valence-corrected chi connectivity index (χ2v) is 11.1. The fraction of sp³-hybridized carbons (Fsp3) is 0.143. The van der Waals surface area contributed by atoms with E-state index in [0.29, 0.717) is 5.75 Å². The molecule has 0 saturated heterocycles. The van der Waals surface area contributed by atoms with Crippen LogP contribution in [0, 0.1) is 0 Å². The van der Waals surface area contributed by atoms with E-state index in [2.05, 4.69) is 42.5 Å². The average Bonchev–Trinajstić information content (AvgIpc) is 2.74. The molecule has 0 saturated carbocycles. The molecule has 3 aromatic rings. The smallest absolute Gasteiger partial charge is 0.180 e. The zero-order valence-electron chi connectivity index (χ0n) is 16.7. The SMILES string of the molecule is F[P-](F)(F)(F)(F)F.OCC(O)COc1ccc(-c2cccc3c2[SH+]c2ccccc2S3)cc1. The molecule has 0 aliphatic carbocycles. The summed E-state index contributed by atoms with van der Waals surface area (Å²) in [7, 11) is -10.7. The number of aliphatic hydroxyl groups is 2. The number of fused-ring (bicyclic) bond motifs is 2. The molecule has 1 atom stereocenters. The predicted molar refractivity (Wildman–Crippen MR) is 120 cm³/mol. The Kier molecular flexibility index (Phi) is 7.04. The quantitative estimate of drug-likeness (QED) is 0.125. The second-order valence-electron chi connectivity index (χ2n) is 6.96. The van der Waals surface area contributed by atoms with Gasteiger partial charge in [-0.2, -0.15) is 0 Å². The summed E-state index contributed by atoms with van der Waals surface area (Å²) in [4.78, 5) is 5.30. The Labute approximate surface area is 194 Å². The summed E-state index contributed by atoms with van der Waals surface area (Å²) in [5.41, 5.74) is 2.37. The third kappa shape index (κ3) is 8.75. The summed E-state index contributed by atoms with van der Waals surface area (Å²) in [6.45, 7) is -0.213. The molecule has 0 fully saturated rings. The maximum absolute atomic E-state index is 10.7. The Balaban J connectivity index is 0.000000383. The van der Waals surface area contributed by atoms with Crippen LogP contribution >= 0.6 is 19.6 Å². The normalized spacial score (nSPS) is 15.6. The van der Waals surface area contributed by atoms with Gasteiger partial charge in [-0.25, -0.2) is 0 Å². The van der Waals surface area contributed by atoms with Gasteiger partial charge in [-0.15, -0.1) is 0 Å². The summed E-state index contributed by atoms with van der Waals surface area (Å²) in [5.74, 6) is 0.684. The minimum Gasteiger partial charge on any atom is -0.491 e. The van der Waals surface area contributed by atoms with Crippen molar-refractivity contribution in [1.29, 1.82) is 0 Å². The van der Waals surface area contributed by atoms with Crippen molar-refractivity contribution in [2.24, 2.45) is 0 Å². The fourth-order valence-corrected chi connectivity index (χ4v) is 5.36. The van der Waals surface area contributed by atoms with E-state index in [0.717, 1.165) is 5.56 Å². The van der Waals surface area contributed by atoms with E-state index >= 15 is 0 Å². The van der Waals surface area contributed by atoms with Gasteiger partial charge in [-0.3, -0.25) is 0 Å². The largest absolute Gasteiger partial charge is 0.491 e. The van der Waals surface area contributed by atoms with Gasteiger partial charge in [-0.1, -0.05) is 42.1 Å².